The third-order valence-corrected chi connectivity index (χ3v) is 6.55. The molecule has 0 saturated carbocycles. The second kappa shape index (κ2) is 5.11. The maximum absolute atomic E-state index is 4.45. The van der Waals surface area contributed by atoms with Crippen LogP contribution in [0.5, 0.6) is 0 Å². The Kier molecular flexibility index (Phi) is 2.67. The highest BCUT2D eigenvalue weighted by molar-refractivity contribution is 5.95. The van der Waals surface area contributed by atoms with Gasteiger partial charge in [0.1, 0.15) is 0 Å². The molecule has 1 aromatic heterocycles. The number of rotatable bonds is 0. The molecule has 0 saturated heterocycles. The van der Waals surface area contributed by atoms with E-state index >= 15 is 0 Å². The van der Waals surface area contributed by atoms with Gasteiger partial charge in [0.2, 0.25) is 0 Å². The van der Waals surface area contributed by atoms with E-state index in [9.17, 15) is 0 Å². The number of hydrogen-bond donors (Lipinski definition) is 0. The summed E-state index contributed by atoms with van der Waals surface area (Å²) in [5.74, 6) is 0. The second-order valence-electron chi connectivity index (χ2n) is 8.05. The number of anilines is 3. The molecule has 7 rings (SSSR count). The first-order valence-corrected chi connectivity index (χ1v) is 9.95. The molecular weight excluding hydrogens is 340 g/mol. The van der Waals surface area contributed by atoms with Gasteiger partial charge in [0.05, 0.1) is 11.4 Å². The SMILES string of the molecule is c1ccc2c(c1)Cc1cc3c4c(c1-2)Cc1cnccc1N4c1ccccc1C3. The van der Waals surface area contributed by atoms with Gasteiger partial charge in [-0.15, -0.1) is 0 Å². The molecule has 3 aromatic carbocycles. The largest absolute Gasteiger partial charge is 0.309 e. The third kappa shape index (κ3) is 1.75. The Labute approximate surface area is 164 Å². The van der Waals surface area contributed by atoms with E-state index in [1.807, 2.05) is 6.20 Å². The van der Waals surface area contributed by atoms with E-state index in [4.69, 9.17) is 0 Å². The number of fused-ring (bicyclic) bond motifs is 8. The first-order valence-electron chi connectivity index (χ1n) is 9.95. The van der Waals surface area contributed by atoms with Crippen LogP contribution in [-0.2, 0) is 19.3 Å². The normalized spacial score (nSPS) is 14.6. The lowest BCUT2D eigenvalue weighted by atomic mass is 9.82. The van der Waals surface area contributed by atoms with Crippen molar-refractivity contribution in [1.82, 2.24) is 4.98 Å². The van der Waals surface area contributed by atoms with Crippen molar-refractivity contribution in [2.24, 2.45) is 0 Å². The minimum atomic E-state index is 0.960. The van der Waals surface area contributed by atoms with E-state index in [2.05, 4.69) is 76.7 Å². The molecular formula is C26H18N2. The van der Waals surface area contributed by atoms with Crippen LogP contribution in [-0.4, -0.2) is 4.98 Å². The summed E-state index contributed by atoms with van der Waals surface area (Å²) < 4.78 is 0. The monoisotopic (exact) mass is 358 g/mol. The maximum Gasteiger partial charge on any atom is 0.0539 e. The van der Waals surface area contributed by atoms with Crippen molar-refractivity contribution in [3.05, 3.63) is 106 Å². The Morgan fingerprint density at radius 2 is 1.46 bits per heavy atom. The van der Waals surface area contributed by atoms with Gasteiger partial charge in [0.15, 0.2) is 0 Å². The average molecular weight is 358 g/mol. The van der Waals surface area contributed by atoms with Crippen LogP contribution in [0.1, 0.15) is 33.4 Å². The molecule has 2 heteroatoms. The highest BCUT2D eigenvalue weighted by Gasteiger charge is 2.35. The van der Waals surface area contributed by atoms with Gasteiger partial charge >= 0.3 is 0 Å². The van der Waals surface area contributed by atoms with Gasteiger partial charge in [-0.25, -0.2) is 0 Å². The average Bonchev–Trinajstić information content (AvgIpc) is 3.11. The van der Waals surface area contributed by atoms with E-state index in [-0.39, 0.29) is 0 Å². The van der Waals surface area contributed by atoms with Crippen molar-refractivity contribution in [3.63, 3.8) is 0 Å². The van der Waals surface area contributed by atoms with Gasteiger partial charge in [-0.1, -0.05) is 48.5 Å². The molecule has 0 fully saturated rings. The summed E-state index contributed by atoms with van der Waals surface area (Å²) in [6, 6.07) is 22.4. The van der Waals surface area contributed by atoms with Crippen molar-refractivity contribution in [2.45, 2.75) is 19.3 Å². The lowest BCUT2D eigenvalue weighted by Crippen LogP contribution is -2.25. The molecule has 0 radical (unpaired) electrons. The molecule has 0 spiro atoms. The zero-order valence-corrected chi connectivity index (χ0v) is 15.4. The molecule has 0 amide bonds. The van der Waals surface area contributed by atoms with E-state index in [1.54, 1.807) is 0 Å². The van der Waals surface area contributed by atoms with E-state index in [0.29, 0.717) is 0 Å². The fourth-order valence-electron chi connectivity index (χ4n) is 5.46. The molecule has 4 aromatic rings. The van der Waals surface area contributed by atoms with E-state index < -0.39 is 0 Å². The molecule has 2 aliphatic heterocycles. The summed E-state index contributed by atoms with van der Waals surface area (Å²) in [7, 11) is 0. The molecule has 0 bridgehead atoms. The number of aromatic nitrogens is 1. The molecule has 28 heavy (non-hydrogen) atoms. The third-order valence-electron chi connectivity index (χ3n) is 6.55. The number of benzene rings is 3. The van der Waals surface area contributed by atoms with Crippen LogP contribution in [0, 0.1) is 0 Å². The minimum absolute atomic E-state index is 0.960. The van der Waals surface area contributed by atoms with Crippen LogP contribution in [0.2, 0.25) is 0 Å². The Bertz CT molecular complexity index is 1290. The summed E-state index contributed by atoms with van der Waals surface area (Å²) in [5.41, 5.74) is 15.5. The second-order valence-corrected chi connectivity index (χ2v) is 8.05. The van der Waals surface area contributed by atoms with Crippen LogP contribution >= 0.6 is 0 Å². The van der Waals surface area contributed by atoms with Crippen molar-refractivity contribution < 1.29 is 0 Å². The molecule has 2 nitrogen and oxygen atoms in total. The predicted octanol–water partition coefficient (Wildman–Crippen LogP) is 5.93. The van der Waals surface area contributed by atoms with E-state index in [0.717, 1.165) is 19.3 Å². The Morgan fingerprint density at radius 3 is 2.43 bits per heavy atom. The first kappa shape index (κ1) is 14.6. The molecule has 132 valence electrons. The van der Waals surface area contributed by atoms with Gasteiger partial charge < -0.3 is 4.90 Å². The number of para-hydroxylation sites is 1. The van der Waals surface area contributed by atoms with Crippen LogP contribution < -0.4 is 4.90 Å². The first-order chi connectivity index (χ1) is 13.9. The molecule has 0 atom stereocenters. The van der Waals surface area contributed by atoms with Crippen molar-refractivity contribution >= 4 is 17.1 Å². The lowest BCUT2D eigenvalue weighted by Gasteiger charge is -2.40. The highest BCUT2D eigenvalue weighted by Crippen LogP contribution is 2.54. The molecule has 3 aliphatic rings. The van der Waals surface area contributed by atoms with Crippen LogP contribution in [0.25, 0.3) is 11.1 Å². The molecule has 1 aliphatic carbocycles. The molecule has 3 heterocycles. The summed E-state index contributed by atoms with van der Waals surface area (Å²) >= 11 is 0. The highest BCUT2D eigenvalue weighted by atomic mass is 15.2. The summed E-state index contributed by atoms with van der Waals surface area (Å²) in [6.45, 7) is 0. The fourth-order valence-corrected chi connectivity index (χ4v) is 5.46. The van der Waals surface area contributed by atoms with Gasteiger partial charge in [0, 0.05) is 30.9 Å². The Balaban J connectivity index is 1.60. The van der Waals surface area contributed by atoms with Gasteiger partial charge in [-0.3, -0.25) is 4.98 Å². The van der Waals surface area contributed by atoms with Crippen molar-refractivity contribution in [1.29, 1.82) is 0 Å². The number of hydrogen-bond acceptors (Lipinski definition) is 2. The lowest BCUT2D eigenvalue weighted by molar-refractivity contribution is 0.997. The van der Waals surface area contributed by atoms with Crippen LogP contribution in [0.15, 0.2) is 73.1 Å². The predicted molar refractivity (Wildman–Crippen MR) is 113 cm³/mol. The van der Waals surface area contributed by atoms with Gasteiger partial charge in [0.25, 0.3) is 0 Å². The topological polar surface area (TPSA) is 16.1 Å². The van der Waals surface area contributed by atoms with Crippen LogP contribution in [0.3, 0.4) is 0 Å². The summed E-state index contributed by atoms with van der Waals surface area (Å²) in [5, 5.41) is 0. The Hall–Kier alpha value is -3.39. The van der Waals surface area contributed by atoms with Crippen molar-refractivity contribution in [3.8, 4) is 11.1 Å². The smallest absolute Gasteiger partial charge is 0.0539 e. The zero-order chi connectivity index (χ0) is 18.2. The van der Waals surface area contributed by atoms with E-state index in [1.165, 1.54) is 61.6 Å². The fraction of sp³-hybridized carbons (Fsp3) is 0.115. The Morgan fingerprint density at radius 1 is 0.679 bits per heavy atom. The standard InChI is InChI=1S/C26H18N2/c1-3-7-21-16(5-1)11-18-13-19-12-17-6-2-4-8-23(17)28-24-9-10-27-15-20(24)14-22(25(18)21)26(19)28/h1-10,13,15H,11-12,14H2. The number of pyridine rings is 1. The van der Waals surface area contributed by atoms with Gasteiger partial charge in [-0.2, -0.15) is 0 Å². The summed E-state index contributed by atoms with van der Waals surface area (Å²) in [4.78, 5) is 6.94. The van der Waals surface area contributed by atoms with Crippen molar-refractivity contribution in [2.75, 3.05) is 4.90 Å². The number of nitrogens with zero attached hydrogens (tertiary/aromatic N) is 2. The van der Waals surface area contributed by atoms with Gasteiger partial charge in [-0.05, 0) is 63.1 Å². The quantitative estimate of drug-likeness (QED) is 0.334. The molecule has 0 unspecified atom stereocenters. The summed E-state index contributed by atoms with van der Waals surface area (Å²) in [6.07, 6.45) is 6.99. The minimum Gasteiger partial charge on any atom is -0.309 e. The zero-order valence-electron chi connectivity index (χ0n) is 15.4. The maximum atomic E-state index is 4.45. The molecule has 0 N–H and O–H groups in total. The van der Waals surface area contributed by atoms with Crippen LogP contribution in [0.4, 0.5) is 17.1 Å².